The minimum absolute atomic E-state index is 0.00808. The van der Waals surface area contributed by atoms with Gasteiger partial charge in [-0.3, -0.25) is 19.2 Å². The van der Waals surface area contributed by atoms with Gasteiger partial charge in [0, 0.05) is 65.6 Å². The number of fused-ring (bicyclic) bond motifs is 3. The second-order valence-electron chi connectivity index (χ2n) is 21.7. The lowest BCUT2D eigenvalue weighted by Gasteiger charge is -2.43. The summed E-state index contributed by atoms with van der Waals surface area (Å²) in [6.45, 7) is 15.0. The topological polar surface area (TPSA) is 212 Å². The lowest BCUT2D eigenvalue weighted by Crippen LogP contribution is -2.61. The van der Waals surface area contributed by atoms with Crippen LogP contribution in [-0.4, -0.2) is 174 Å². The van der Waals surface area contributed by atoms with Gasteiger partial charge in [-0.25, -0.2) is 4.79 Å². The molecule has 0 aromatic heterocycles. The summed E-state index contributed by atoms with van der Waals surface area (Å²) in [5.74, 6) is -8.00. The molecule has 0 aromatic rings. The Morgan fingerprint density at radius 2 is 1.47 bits per heavy atom. The fraction of sp³-hybridized carbons (Fsp3) is 0.776. The van der Waals surface area contributed by atoms with E-state index >= 15 is 0 Å². The van der Waals surface area contributed by atoms with Gasteiger partial charge in [-0.15, -0.1) is 0 Å². The molecule has 4 rings (SSSR count). The highest BCUT2D eigenvalue weighted by Gasteiger charge is 2.53. The molecule has 1 aliphatic carbocycles. The van der Waals surface area contributed by atoms with Crippen molar-refractivity contribution in [2.45, 2.75) is 180 Å². The van der Waals surface area contributed by atoms with E-state index in [9.17, 15) is 34.2 Å². The van der Waals surface area contributed by atoms with Crippen LogP contribution < -0.4 is 0 Å². The second kappa shape index (κ2) is 32.4. The molecule has 0 spiro atoms. The summed E-state index contributed by atoms with van der Waals surface area (Å²) in [5.41, 5.74) is 1.23. The zero-order chi connectivity index (χ0) is 55.2. The summed E-state index contributed by atoms with van der Waals surface area (Å²) in [4.78, 5) is 72.8. The molecule has 2 bridgehead atoms. The number of piperidine rings is 1. The highest BCUT2D eigenvalue weighted by Crippen LogP contribution is 2.38. The first-order valence-electron chi connectivity index (χ1n) is 27.5. The summed E-state index contributed by atoms with van der Waals surface area (Å²) in [6, 6.07) is -1.15. The zero-order valence-electron chi connectivity index (χ0n) is 47.0. The van der Waals surface area contributed by atoms with Crippen LogP contribution in [0.4, 0.5) is 0 Å². The Balaban J connectivity index is 1.68. The fourth-order valence-corrected chi connectivity index (χ4v) is 11.0. The molecule has 3 aliphatic heterocycles. The van der Waals surface area contributed by atoms with Crippen molar-refractivity contribution in [1.29, 1.82) is 0 Å². The van der Waals surface area contributed by atoms with E-state index in [0.29, 0.717) is 70.5 Å². The number of allylic oxidation sites excluding steroid dienone is 6. The highest BCUT2D eigenvalue weighted by molar-refractivity contribution is 6.39. The first kappa shape index (κ1) is 64.0. The number of ketones is 3. The normalized spacial score (nSPS) is 35.5. The van der Waals surface area contributed by atoms with Crippen molar-refractivity contribution in [2.75, 3.05) is 74.6 Å². The van der Waals surface area contributed by atoms with Crippen LogP contribution in [-0.2, 0) is 66.6 Å². The van der Waals surface area contributed by atoms with Gasteiger partial charge < -0.3 is 57.7 Å². The third-order valence-electron chi connectivity index (χ3n) is 15.8. The molecule has 75 heavy (non-hydrogen) atoms. The van der Waals surface area contributed by atoms with Crippen molar-refractivity contribution >= 4 is 29.2 Å². The van der Waals surface area contributed by atoms with Crippen LogP contribution in [0.1, 0.15) is 126 Å². The van der Waals surface area contributed by atoms with Crippen LogP contribution >= 0.6 is 0 Å². The van der Waals surface area contributed by atoms with Gasteiger partial charge in [0.05, 0.1) is 64.1 Å². The van der Waals surface area contributed by atoms with E-state index in [2.05, 4.69) is 0 Å². The molecule has 426 valence electrons. The number of hydrogen-bond acceptors (Lipinski definition) is 16. The molecular weight excluding hydrogens is 967 g/mol. The van der Waals surface area contributed by atoms with Crippen molar-refractivity contribution < 1.29 is 76.8 Å². The number of Topliss-reactive ketones (excluding diaryl/α,β-unsaturated/α-hetero) is 3. The van der Waals surface area contributed by atoms with Gasteiger partial charge in [0.1, 0.15) is 30.1 Å². The third kappa shape index (κ3) is 19.1. The first-order chi connectivity index (χ1) is 35.8. The number of carbonyl (C=O) groups excluding carboxylic acids is 5. The fourth-order valence-electron chi connectivity index (χ4n) is 11.0. The van der Waals surface area contributed by atoms with E-state index in [4.69, 9.17) is 42.6 Å². The zero-order valence-corrected chi connectivity index (χ0v) is 47.0. The van der Waals surface area contributed by atoms with Gasteiger partial charge in [0.15, 0.2) is 5.78 Å². The van der Waals surface area contributed by atoms with Crippen LogP contribution in [0.25, 0.3) is 0 Å². The molecule has 3 heterocycles. The number of cyclic esters (lactones) is 1. The number of nitrogens with zero attached hydrogens (tertiary/aromatic N) is 1. The number of hydrogen-bond donors (Lipinski definition) is 2. The maximum Gasteiger partial charge on any atom is 0.329 e. The molecule has 0 aromatic carbocycles. The molecular formula is C58H93NO16. The molecule has 4 aliphatic rings. The molecule has 1 amide bonds. The molecule has 2 N–H and O–H groups in total. The van der Waals surface area contributed by atoms with Crippen molar-refractivity contribution in [3.05, 3.63) is 47.6 Å². The lowest BCUT2D eigenvalue weighted by atomic mass is 9.78. The minimum atomic E-state index is -2.48. The van der Waals surface area contributed by atoms with Gasteiger partial charge >= 0.3 is 5.97 Å². The Kier molecular flexibility index (Phi) is 27.7. The average Bonchev–Trinajstić information content (AvgIpc) is 3.39. The summed E-state index contributed by atoms with van der Waals surface area (Å²) in [6.07, 6.45) is 12.2. The van der Waals surface area contributed by atoms with E-state index in [1.54, 1.807) is 48.2 Å². The summed E-state index contributed by atoms with van der Waals surface area (Å²) in [5, 5.41) is 23.7. The SMILES string of the molecule is COCCOCCOCCOC1C[C@@H]2CC[C@@H](C)[C@@](O)(O2)C(=O)C(=O)N2CCCC[C@H]2C(=O)O[C@H]([C@H](C)C[C@@H]2CC[C@@H](OC)[C@H](OC)C2)CC(=O)[C@H](C)/C=C(\C)[C@@H](O)[C@@H](OC)C(=O)[C@H](C)C[C@H](C)/C=C/C=CC=C1C. The van der Waals surface area contributed by atoms with E-state index in [0.717, 1.165) is 24.8 Å². The summed E-state index contributed by atoms with van der Waals surface area (Å²) < 4.78 is 52.4. The number of methoxy groups -OCH3 is 4. The Bertz CT molecular complexity index is 1930. The maximum absolute atomic E-state index is 14.6. The summed E-state index contributed by atoms with van der Waals surface area (Å²) >= 11 is 0. The predicted octanol–water partition coefficient (Wildman–Crippen LogP) is 6.88. The second-order valence-corrected chi connectivity index (χ2v) is 21.7. The Hall–Kier alpha value is -3.49. The number of esters is 1. The van der Waals surface area contributed by atoms with E-state index < -0.39 is 77.8 Å². The van der Waals surface area contributed by atoms with E-state index in [1.807, 2.05) is 58.1 Å². The minimum Gasteiger partial charge on any atom is -0.460 e. The van der Waals surface area contributed by atoms with E-state index in [-0.39, 0.29) is 80.5 Å². The van der Waals surface area contributed by atoms with Crippen LogP contribution in [0.15, 0.2) is 47.6 Å². The average molecular weight is 1060 g/mol. The molecule has 1 unspecified atom stereocenters. The molecule has 3 fully saturated rings. The number of amides is 1. The monoisotopic (exact) mass is 1060 g/mol. The number of aliphatic hydroxyl groups is 2. The number of rotatable bonds is 16. The van der Waals surface area contributed by atoms with Crippen molar-refractivity contribution in [1.82, 2.24) is 4.90 Å². The maximum atomic E-state index is 14.6. The summed E-state index contributed by atoms with van der Waals surface area (Å²) in [7, 11) is 6.33. The molecule has 0 radical (unpaired) electrons. The Morgan fingerprint density at radius 1 is 0.773 bits per heavy atom. The third-order valence-corrected chi connectivity index (χ3v) is 15.8. The van der Waals surface area contributed by atoms with Gasteiger partial charge in [0.2, 0.25) is 5.79 Å². The Morgan fingerprint density at radius 3 is 2.15 bits per heavy atom. The molecule has 2 saturated heterocycles. The van der Waals surface area contributed by atoms with Crippen LogP contribution in [0, 0.1) is 35.5 Å². The van der Waals surface area contributed by atoms with Gasteiger partial charge in [-0.1, -0.05) is 71.1 Å². The quantitative estimate of drug-likeness (QED) is 0.0698. The highest BCUT2D eigenvalue weighted by atomic mass is 16.6. The van der Waals surface area contributed by atoms with Gasteiger partial charge in [-0.2, -0.15) is 0 Å². The van der Waals surface area contributed by atoms with Crippen molar-refractivity contribution in [2.24, 2.45) is 35.5 Å². The van der Waals surface area contributed by atoms with Crippen LogP contribution in [0.5, 0.6) is 0 Å². The van der Waals surface area contributed by atoms with Crippen LogP contribution in [0.3, 0.4) is 0 Å². The van der Waals surface area contributed by atoms with Gasteiger partial charge in [0.25, 0.3) is 11.7 Å². The Labute approximate surface area is 447 Å². The first-order valence-corrected chi connectivity index (χ1v) is 27.5. The van der Waals surface area contributed by atoms with Crippen molar-refractivity contribution in [3.8, 4) is 0 Å². The van der Waals surface area contributed by atoms with E-state index in [1.165, 1.54) is 12.0 Å². The largest absolute Gasteiger partial charge is 0.460 e. The molecule has 17 nitrogen and oxygen atoms in total. The molecule has 1 saturated carbocycles. The lowest BCUT2D eigenvalue weighted by molar-refractivity contribution is -0.266. The molecule has 15 atom stereocenters. The van der Waals surface area contributed by atoms with Crippen LogP contribution in [0.2, 0.25) is 0 Å². The van der Waals surface area contributed by atoms with Crippen molar-refractivity contribution in [3.63, 3.8) is 0 Å². The smallest absolute Gasteiger partial charge is 0.329 e. The predicted molar refractivity (Wildman–Crippen MR) is 282 cm³/mol. The van der Waals surface area contributed by atoms with Gasteiger partial charge in [-0.05, 0) is 107 Å². The number of carbonyl (C=O) groups is 5. The number of ether oxygens (including phenoxy) is 9. The molecule has 17 heteroatoms. The number of aliphatic hydroxyl groups excluding tert-OH is 1. The standard InChI is InChI=1S/C58H93NO16/c1-37-17-13-12-14-18-38(2)49(73-30-29-72-28-27-71-26-25-67-8)35-45-22-20-43(7)58(66,75-45)55(63)56(64)59-24-16-15-19-46(59)57(65)74-50(40(4)33-44-21-23-48(68-9)51(34-44)69-10)36-47(60)39(3)32-42(6)53(62)54(70-11)52(61)41(5)31-37/h12-14,17-18,32,37,39-41,43-46,48-51,53-54,62,66H,15-16,19-31,33-36H2,1-11H3/b14-12?,17-13+,38-18?,42-32+/t37-,39-,40-,41-,43-,44+,45+,46+,48-,49?,50+,51-,53-,54+,58-/m1/s1.